The molecule has 1 saturated heterocycles. The Morgan fingerprint density at radius 3 is 1.91 bits per heavy atom. The lowest BCUT2D eigenvalue weighted by Gasteiger charge is -2.44. The van der Waals surface area contributed by atoms with E-state index >= 15 is 0 Å². The minimum Gasteiger partial charge on any atom is -0.414 e. The molecule has 1 aliphatic rings. The first-order chi connectivity index (χ1) is 20.9. The molecule has 4 atom stereocenters. The standard InChI is InChI=1S/C33H58N6O4Si3/c1-31(2,3)44(10,11)40-20-23-25(42-45(12,13)32(4,5)6)26(43-46(14,15)33(7,8)9)30(41-23)39-28(22-17-16-18-35-19-22)38-24-27(34)36-21-37-29(24)39/h16-19,21,23,25-26,30H,20H2,1-15H3,(H2,34,36,37)/t23-,25-,26-,30-/m1/s1. The van der Waals surface area contributed by atoms with Gasteiger partial charge in [0, 0.05) is 18.0 Å². The van der Waals surface area contributed by atoms with Crippen LogP contribution in [0, 0.1) is 0 Å². The van der Waals surface area contributed by atoms with Crippen LogP contribution in [0.3, 0.4) is 0 Å². The summed E-state index contributed by atoms with van der Waals surface area (Å²) in [4.78, 5) is 18.3. The lowest BCUT2D eigenvalue weighted by molar-refractivity contribution is -0.0462. The SMILES string of the molecule is CC(C)(C)[Si](C)(C)OC[C@H]1O[C@@H](n2c(-c3cccnc3)nc3c(N)ncnc32)[C@H](O[Si](C)(C)C(C)(C)C)[C@@H]1O[Si](C)(C)C(C)(C)C. The number of fused-ring (bicyclic) bond motifs is 1. The van der Waals surface area contributed by atoms with Crippen LogP contribution in [0.2, 0.25) is 54.4 Å². The molecular weight excluding hydrogens is 629 g/mol. The van der Waals surface area contributed by atoms with E-state index in [1.165, 1.54) is 6.33 Å². The van der Waals surface area contributed by atoms with Gasteiger partial charge in [-0.3, -0.25) is 9.55 Å². The minimum absolute atomic E-state index is 0.0261. The number of pyridine rings is 1. The van der Waals surface area contributed by atoms with Crippen LogP contribution < -0.4 is 5.73 Å². The van der Waals surface area contributed by atoms with Gasteiger partial charge in [-0.15, -0.1) is 0 Å². The zero-order valence-electron chi connectivity index (χ0n) is 30.8. The Labute approximate surface area is 279 Å². The zero-order valence-corrected chi connectivity index (χ0v) is 33.8. The van der Waals surface area contributed by atoms with E-state index in [2.05, 4.69) is 112 Å². The van der Waals surface area contributed by atoms with Gasteiger partial charge in [0.05, 0.1) is 6.61 Å². The van der Waals surface area contributed by atoms with Gasteiger partial charge in [-0.1, -0.05) is 62.3 Å². The molecule has 46 heavy (non-hydrogen) atoms. The van der Waals surface area contributed by atoms with Crippen molar-refractivity contribution < 1.29 is 18.0 Å². The van der Waals surface area contributed by atoms with E-state index in [0.717, 1.165) is 5.56 Å². The molecule has 2 N–H and O–H groups in total. The normalized spacial score (nSPS) is 22.2. The quantitative estimate of drug-likeness (QED) is 0.222. The van der Waals surface area contributed by atoms with Crippen molar-refractivity contribution in [2.24, 2.45) is 0 Å². The number of anilines is 1. The first-order valence-corrected chi connectivity index (χ1v) is 25.1. The van der Waals surface area contributed by atoms with Crippen molar-refractivity contribution >= 4 is 41.9 Å². The zero-order chi connectivity index (χ0) is 34.7. The molecular formula is C33H58N6O4Si3. The fraction of sp³-hybridized carbons (Fsp3) is 0.697. The van der Waals surface area contributed by atoms with Crippen LogP contribution in [0.15, 0.2) is 30.9 Å². The molecule has 0 aromatic carbocycles. The number of rotatable bonds is 9. The Hall–Kier alpha value is -2.01. The van der Waals surface area contributed by atoms with Gasteiger partial charge >= 0.3 is 0 Å². The maximum atomic E-state index is 7.40. The highest BCUT2D eigenvalue weighted by molar-refractivity contribution is 6.75. The monoisotopic (exact) mass is 686 g/mol. The molecule has 0 amide bonds. The van der Waals surface area contributed by atoms with Crippen molar-refractivity contribution in [2.75, 3.05) is 12.3 Å². The Bertz CT molecular complexity index is 1510. The van der Waals surface area contributed by atoms with Gasteiger partial charge < -0.3 is 23.7 Å². The highest BCUT2D eigenvalue weighted by Crippen LogP contribution is 2.48. The maximum absolute atomic E-state index is 7.40. The molecule has 4 heterocycles. The van der Waals surface area contributed by atoms with Gasteiger partial charge in [0.1, 0.15) is 30.5 Å². The van der Waals surface area contributed by atoms with Gasteiger partial charge in [0.25, 0.3) is 0 Å². The number of nitrogens with two attached hydrogens (primary N) is 1. The largest absolute Gasteiger partial charge is 0.414 e. The Kier molecular flexibility index (Phi) is 9.98. The first kappa shape index (κ1) is 36.8. The Morgan fingerprint density at radius 2 is 1.39 bits per heavy atom. The van der Waals surface area contributed by atoms with Gasteiger partial charge in [-0.05, 0) is 66.5 Å². The summed E-state index contributed by atoms with van der Waals surface area (Å²) < 4.78 is 30.8. The second kappa shape index (κ2) is 12.5. The Balaban J connectivity index is 1.96. The summed E-state index contributed by atoms with van der Waals surface area (Å²) in [5.74, 6) is 0.946. The molecule has 0 spiro atoms. The maximum Gasteiger partial charge on any atom is 0.192 e. The molecule has 1 fully saturated rings. The van der Waals surface area contributed by atoms with Crippen LogP contribution in [0.5, 0.6) is 0 Å². The smallest absolute Gasteiger partial charge is 0.192 e. The third-order valence-corrected chi connectivity index (χ3v) is 24.3. The number of aromatic nitrogens is 5. The summed E-state index contributed by atoms with van der Waals surface area (Å²) in [6.45, 7) is 34.4. The summed E-state index contributed by atoms with van der Waals surface area (Å²) in [6, 6.07) is 3.88. The van der Waals surface area contributed by atoms with Gasteiger partial charge in [0.15, 0.2) is 48.2 Å². The molecule has 3 aromatic heterocycles. The summed E-state index contributed by atoms with van der Waals surface area (Å²) in [5.41, 5.74) is 8.30. The van der Waals surface area contributed by atoms with Crippen LogP contribution >= 0.6 is 0 Å². The van der Waals surface area contributed by atoms with E-state index < -0.39 is 37.3 Å². The first-order valence-electron chi connectivity index (χ1n) is 16.4. The predicted octanol–water partition coefficient (Wildman–Crippen LogP) is 8.17. The molecule has 10 nitrogen and oxygen atoms in total. The third-order valence-electron chi connectivity index (χ3n) is 10.9. The lowest BCUT2D eigenvalue weighted by atomic mass is 10.1. The summed E-state index contributed by atoms with van der Waals surface area (Å²) in [7, 11) is -6.79. The number of hydrogen-bond donors (Lipinski definition) is 1. The summed E-state index contributed by atoms with van der Waals surface area (Å²) in [5, 5.41) is -0.0351. The van der Waals surface area contributed by atoms with Crippen LogP contribution in [0.25, 0.3) is 22.6 Å². The molecule has 256 valence electrons. The topological polar surface area (TPSA) is 119 Å². The van der Waals surface area contributed by atoms with Crippen LogP contribution in [0.1, 0.15) is 68.5 Å². The molecule has 3 aromatic rings. The van der Waals surface area contributed by atoms with E-state index in [1.54, 1.807) is 12.4 Å². The van der Waals surface area contributed by atoms with Crippen molar-refractivity contribution in [2.45, 2.75) is 141 Å². The van der Waals surface area contributed by atoms with E-state index in [1.807, 2.05) is 16.7 Å². The van der Waals surface area contributed by atoms with Crippen molar-refractivity contribution in [3.05, 3.63) is 30.9 Å². The predicted molar refractivity (Wildman–Crippen MR) is 194 cm³/mol. The van der Waals surface area contributed by atoms with E-state index in [0.29, 0.717) is 29.4 Å². The number of imidazole rings is 1. The van der Waals surface area contributed by atoms with Gasteiger partial charge in [0.2, 0.25) is 0 Å². The molecule has 13 heteroatoms. The van der Waals surface area contributed by atoms with Crippen LogP contribution in [-0.4, -0.2) is 74.4 Å². The summed E-state index contributed by atoms with van der Waals surface area (Å²) >= 11 is 0. The third kappa shape index (κ3) is 7.20. The lowest BCUT2D eigenvalue weighted by Crippen LogP contribution is -2.54. The average molecular weight is 687 g/mol. The number of nitrogens with zero attached hydrogens (tertiary/aromatic N) is 5. The van der Waals surface area contributed by atoms with E-state index in [9.17, 15) is 0 Å². The minimum atomic E-state index is -2.36. The average Bonchev–Trinajstić information content (AvgIpc) is 3.44. The summed E-state index contributed by atoms with van der Waals surface area (Å²) in [6.07, 6.45) is 3.16. The van der Waals surface area contributed by atoms with Crippen molar-refractivity contribution in [3.8, 4) is 11.4 Å². The van der Waals surface area contributed by atoms with Gasteiger partial charge in [-0.25, -0.2) is 15.0 Å². The number of nitrogen functional groups attached to an aromatic ring is 1. The molecule has 4 rings (SSSR count). The molecule has 0 bridgehead atoms. The molecule has 0 saturated carbocycles. The Morgan fingerprint density at radius 1 is 0.826 bits per heavy atom. The van der Waals surface area contributed by atoms with E-state index in [-0.39, 0.29) is 27.3 Å². The fourth-order valence-electron chi connectivity index (χ4n) is 4.72. The molecule has 0 radical (unpaired) electrons. The molecule has 1 aliphatic heterocycles. The highest BCUT2D eigenvalue weighted by Gasteiger charge is 2.55. The van der Waals surface area contributed by atoms with Crippen molar-refractivity contribution in [1.82, 2.24) is 24.5 Å². The van der Waals surface area contributed by atoms with E-state index in [4.69, 9.17) is 33.7 Å². The van der Waals surface area contributed by atoms with Crippen LogP contribution in [-0.2, 0) is 18.0 Å². The number of hydrogen-bond acceptors (Lipinski definition) is 9. The van der Waals surface area contributed by atoms with Crippen LogP contribution in [0.4, 0.5) is 5.82 Å². The number of ether oxygens (including phenoxy) is 1. The second-order valence-corrected chi connectivity index (χ2v) is 31.6. The van der Waals surface area contributed by atoms with Gasteiger partial charge in [-0.2, -0.15) is 0 Å². The fourth-order valence-corrected chi connectivity index (χ4v) is 8.34. The van der Waals surface area contributed by atoms with Crippen molar-refractivity contribution in [1.29, 1.82) is 0 Å². The highest BCUT2D eigenvalue weighted by atomic mass is 28.4. The molecule has 0 aliphatic carbocycles. The molecule has 0 unspecified atom stereocenters. The van der Waals surface area contributed by atoms with Crippen molar-refractivity contribution in [3.63, 3.8) is 0 Å². The second-order valence-electron chi connectivity index (χ2n) is 17.3.